The van der Waals surface area contributed by atoms with Gasteiger partial charge in [0.25, 0.3) is 5.91 Å². The van der Waals surface area contributed by atoms with Gasteiger partial charge in [0.1, 0.15) is 0 Å². The van der Waals surface area contributed by atoms with Crippen LogP contribution in [0.25, 0.3) is 0 Å². The normalized spacial score (nSPS) is 14.3. The number of aliphatic hydroxyl groups is 2. The molecule has 0 spiro atoms. The molecule has 1 amide bonds. The van der Waals surface area contributed by atoms with E-state index in [4.69, 9.17) is 10.2 Å². The maximum atomic E-state index is 11.0. The van der Waals surface area contributed by atoms with Gasteiger partial charge in [-0.25, -0.2) is 4.79 Å². The molecule has 82 valence electrons. The molecular formula is C8H15NO5. The highest BCUT2D eigenvalue weighted by molar-refractivity contribution is 5.88. The Morgan fingerprint density at radius 3 is 2.29 bits per heavy atom. The highest BCUT2D eigenvalue weighted by atomic mass is 16.5. The summed E-state index contributed by atoms with van der Waals surface area (Å²) in [5.41, 5.74) is 0. The predicted molar refractivity (Wildman–Crippen MR) is 47.3 cm³/mol. The number of carbonyl (C=O) groups is 2. The summed E-state index contributed by atoms with van der Waals surface area (Å²) in [4.78, 5) is 21.8. The van der Waals surface area contributed by atoms with E-state index in [1.807, 2.05) is 0 Å². The highest BCUT2D eigenvalue weighted by Gasteiger charge is 2.30. The van der Waals surface area contributed by atoms with E-state index < -0.39 is 24.1 Å². The van der Waals surface area contributed by atoms with E-state index in [-0.39, 0.29) is 6.61 Å². The fraction of sp³-hybridized carbons (Fsp3) is 0.750. The number of aliphatic hydroxyl groups excluding tert-OH is 2. The van der Waals surface area contributed by atoms with Crippen LogP contribution in [0.2, 0.25) is 0 Å². The minimum Gasteiger partial charge on any atom is -0.464 e. The molecule has 3 N–H and O–H groups in total. The van der Waals surface area contributed by atoms with E-state index >= 15 is 0 Å². The van der Waals surface area contributed by atoms with Crippen molar-refractivity contribution >= 4 is 11.9 Å². The lowest BCUT2D eigenvalue weighted by Gasteiger charge is -2.15. The van der Waals surface area contributed by atoms with Crippen molar-refractivity contribution < 1.29 is 24.5 Å². The summed E-state index contributed by atoms with van der Waals surface area (Å²) >= 11 is 0. The van der Waals surface area contributed by atoms with Crippen molar-refractivity contribution in [3.8, 4) is 0 Å². The van der Waals surface area contributed by atoms with Gasteiger partial charge in [0.2, 0.25) is 0 Å². The van der Waals surface area contributed by atoms with Gasteiger partial charge in [0.05, 0.1) is 6.61 Å². The molecule has 6 heteroatoms. The number of esters is 1. The standard InChI is InChI=1S/C8H15NO5/c1-3-9-7(12)5(10)6(11)8(13)14-4-2/h5-6,10-11H,3-4H2,1-2H3,(H,9,12). The zero-order chi connectivity index (χ0) is 11.1. The average molecular weight is 205 g/mol. The first kappa shape index (κ1) is 12.9. The molecule has 2 atom stereocenters. The Hall–Kier alpha value is -1.14. The number of likely N-dealkylation sites (N-methyl/N-ethyl adjacent to an activating group) is 1. The van der Waals surface area contributed by atoms with Crippen LogP contribution in [0.4, 0.5) is 0 Å². The topological polar surface area (TPSA) is 95.9 Å². The van der Waals surface area contributed by atoms with Crippen LogP contribution in [0, 0.1) is 0 Å². The Morgan fingerprint density at radius 2 is 1.86 bits per heavy atom. The average Bonchev–Trinajstić information content (AvgIpc) is 2.16. The van der Waals surface area contributed by atoms with Crippen LogP contribution in [-0.4, -0.2) is 47.4 Å². The van der Waals surface area contributed by atoms with Gasteiger partial charge in [-0.3, -0.25) is 4.79 Å². The van der Waals surface area contributed by atoms with Gasteiger partial charge in [0, 0.05) is 6.54 Å². The van der Waals surface area contributed by atoms with Crippen LogP contribution in [0.15, 0.2) is 0 Å². The van der Waals surface area contributed by atoms with E-state index in [9.17, 15) is 9.59 Å². The van der Waals surface area contributed by atoms with Crippen molar-refractivity contribution in [3.63, 3.8) is 0 Å². The van der Waals surface area contributed by atoms with Crippen LogP contribution >= 0.6 is 0 Å². The maximum absolute atomic E-state index is 11.0. The number of ether oxygens (including phenoxy) is 1. The zero-order valence-corrected chi connectivity index (χ0v) is 8.19. The summed E-state index contributed by atoms with van der Waals surface area (Å²) in [6.45, 7) is 3.61. The van der Waals surface area contributed by atoms with E-state index in [0.29, 0.717) is 6.54 Å². The van der Waals surface area contributed by atoms with Gasteiger partial charge in [-0.1, -0.05) is 0 Å². The summed E-state index contributed by atoms with van der Waals surface area (Å²) < 4.78 is 4.42. The third-order valence-corrected chi connectivity index (χ3v) is 1.45. The van der Waals surface area contributed by atoms with E-state index in [0.717, 1.165) is 0 Å². The smallest absolute Gasteiger partial charge is 0.338 e. The Bertz CT molecular complexity index is 184. The molecule has 0 bridgehead atoms. The molecule has 0 saturated heterocycles. The molecule has 0 aromatic carbocycles. The third kappa shape index (κ3) is 3.71. The molecule has 0 heterocycles. The minimum atomic E-state index is -1.83. The van der Waals surface area contributed by atoms with E-state index in [2.05, 4.69) is 10.1 Å². The van der Waals surface area contributed by atoms with E-state index in [1.54, 1.807) is 13.8 Å². The molecule has 0 fully saturated rings. The molecule has 6 nitrogen and oxygen atoms in total. The quantitative estimate of drug-likeness (QED) is 0.470. The van der Waals surface area contributed by atoms with Crippen LogP contribution in [0.1, 0.15) is 13.8 Å². The SMILES string of the molecule is CCNC(=O)C(O)C(O)C(=O)OCC. The molecule has 0 radical (unpaired) electrons. The van der Waals surface area contributed by atoms with Gasteiger partial charge in [0.15, 0.2) is 12.2 Å². The van der Waals surface area contributed by atoms with Gasteiger partial charge < -0.3 is 20.3 Å². The maximum Gasteiger partial charge on any atom is 0.338 e. The second-order valence-corrected chi connectivity index (χ2v) is 2.54. The number of hydrogen-bond acceptors (Lipinski definition) is 5. The Labute approximate surface area is 81.9 Å². The molecular weight excluding hydrogens is 190 g/mol. The van der Waals surface area contributed by atoms with Crippen molar-refractivity contribution in [2.45, 2.75) is 26.1 Å². The summed E-state index contributed by atoms with van der Waals surface area (Å²) in [7, 11) is 0. The number of amides is 1. The Morgan fingerprint density at radius 1 is 1.29 bits per heavy atom. The Balaban J connectivity index is 4.16. The molecule has 0 aliphatic carbocycles. The van der Waals surface area contributed by atoms with Crippen LogP contribution in [0.5, 0.6) is 0 Å². The van der Waals surface area contributed by atoms with Crippen molar-refractivity contribution in [1.82, 2.24) is 5.32 Å². The third-order valence-electron chi connectivity index (χ3n) is 1.45. The van der Waals surface area contributed by atoms with Crippen LogP contribution in [0.3, 0.4) is 0 Å². The first-order valence-electron chi connectivity index (χ1n) is 4.35. The second-order valence-electron chi connectivity index (χ2n) is 2.54. The van der Waals surface area contributed by atoms with Crippen molar-refractivity contribution in [3.05, 3.63) is 0 Å². The lowest BCUT2D eigenvalue weighted by atomic mass is 10.2. The Kier molecular flexibility index (Phi) is 5.82. The summed E-state index contributed by atoms with van der Waals surface area (Å²) in [5.74, 6) is -1.81. The van der Waals surface area contributed by atoms with E-state index in [1.165, 1.54) is 0 Å². The molecule has 0 saturated carbocycles. The largest absolute Gasteiger partial charge is 0.464 e. The molecule has 0 aliphatic heterocycles. The minimum absolute atomic E-state index is 0.0814. The first-order chi connectivity index (χ1) is 6.54. The van der Waals surface area contributed by atoms with Gasteiger partial charge in [-0.2, -0.15) is 0 Å². The van der Waals surface area contributed by atoms with Gasteiger partial charge in [-0.05, 0) is 13.8 Å². The summed E-state index contributed by atoms with van der Waals surface area (Å²) in [5, 5.41) is 20.5. The van der Waals surface area contributed by atoms with Crippen molar-refractivity contribution in [1.29, 1.82) is 0 Å². The number of nitrogens with one attached hydrogen (secondary N) is 1. The van der Waals surface area contributed by atoms with Crippen molar-refractivity contribution in [2.24, 2.45) is 0 Å². The molecule has 0 aliphatic rings. The van der Waals surface area contributed by atoms with Gasteiger partial charge in [-0.15, -0.1) is 0 Å². The van der Waals surface area contributed by atoms with Crippen molar-refractivity contribution in [2.75, 3.05) is 13.2 Å². The van der Waals surface area contributed by atoms with Crippen LogP contribution in [-0.2, 0) is 14.3 Å². The second kappa shape index (κ2) is 6.33. The summed E-state index contributed by atoms with van der Waals surface area (Å²) in [6.07, 6.45) is -3.62. The number of carbonyl (C=O) groups excluding carboxylic acids is 2. The fourth-order valence-electron chi connectivity index (χ4n) is 0.779. The fourth-order valence-corrected chi connectivity index (χ4v) is 0.779. The number of hydrogen-bond donors (Lipinski definition) is 3. The molecule has 2 unspecified atom stereocenters. The molecule has 0 aromatic heterocycles. The molecule has 0 rings (SSSR count). The molecule has 0 aromatic rings. The first-order valence-corrected chi connectivity index (χ1v) is 4.35. The van der Waals surface area contributed by atoms with Gasteiger partial charge >= 0.3 is 5.97 Å². The highest BCUT2D eigenvalue weighted by Crippen LogP contribution is 1.97. The van der Waals surface area contributed by atoms with Crippen LogP contribution < -0.4 is 5.32 Å². The lowest BCUT2D eigenvalue weighted by Crippen LogP contribution is -2.46. The molecule has 14 heavy (non-hydrogen) atoms. The zero-order valence-electron chi connectivity index (χ0n) is 8.19. The number of rotatable bonds is 5. The summed E-state index contributed by atoms with van der Waals surface area (Å²) in [6, 6.07) is 0. The lowest BCUT2D eigenvalue weighted by molar-refractivity contribution is -0.163. The monoisotopic (exact) mass is 205 g/mol. The predicted octanol–water partition coefficient (Wildman–Crippen LogP) is -1.59.